The summed E-state index contributed by atoms with van der Waals surface area (Å²) in [5, 5.41) is 11.6. The van der Waals surface area contributed by atoms with Crippen LogP contribution in [0.1, 0.15) is 5.56 Å². The molecule has 100 valence electrons. The van der Waals surface area contributed by atoms with E-state index in [1.165, 1.54) is 0 Å². The predicted octanol–water partition coefficient (Wildman–Crippen LogP) is 2.38. The van der Waals surface area contributed by atoms with Gasteiger partial charge in [-0.25, -0.2) is 0 Å². The Morgan fingerprint density at radius 1 is 1.39 bits per heavy atom. The van der Waals surface area contributed by atoms with Gasteiger partial charge in [-0.1, -0.05) is 0 Å². The van der Waals surface area contributed by atoms with Crippen LogP contribution in [0.25, 0.3) is 0 Å². The minimum Gasteiger partial charge on any atom is -0.395 e. The number of aryl methyl sites for hydroxylation is 1. The minimum absolute atomic E-state index is 0.0434. The Bertz CT molecular complexity index is 415. The van der Waals surface area contributed by atoms with Gasteiger partial charge in [0.15, 0.2) is 0 Å². The maximum atomic E-state index is 11.8. The monoisotopic (exact) mass is 378 g/mol. The Labute approximate surface area is 124 Å². The second kappa shape index (κ2) is 7.23. The van der Waals surface area contributed by atoms with Gasteiger partial charge < -0.3 is 10.4 Å². The number of benzene rings is 1. The van der Waals surface area contributed by atoms with Crippen LogP contribution in [0.5, 0.6) is 0 Å². The highest BCUT2D eigenvalue weighted by Crippen LogP contribution is 2.32. The smallest absolute Gasteiger partial charge is 0.238 e. The summed E-state index contributed by atoms with van der Waals surface area (Å²) in [6.07, 6.45) is 0. The highest BCUT2D eigenvalue weighted by Gasteiger charge is 2.11. The van der Waals surface area contributed by atoms with Crippen molar-refractivity contribution in [1.82, 2.24) is 4.90 Å². The number of carbonyl (C=O) groups excluding carboxylic acids is 1. The van der Waals surface area contributed by atoms with E-state index in [2.05, 4.69) is 37.2 Å². The van der Waals surface area contributed by atoms with Crippen molar-refractivity contribution in [3.63, 3.8) is 0 Å². The zero-order chi connectivity index (χ0) is 13.7. The molecule has 18 heavy (non-hydrogen) atoms. The quantitative estimate of drug-likeness (QED) is 0.825. The van der Waals surface area contributed by atoms with Gasteiger partial charge in [0.05, 0.1) is 18.8 Å². The van der Waals surface area contributed by atoms with E-state index in [-0.39, 0.29) is 19.1 Å². The zero-order valence-corrected chi connectivity index (χ0v) is 13.5. The molecule has 0 saturated heterocycles. The minimum atomic E-state index is -0.115. The Morgan fingerprint density at radius 2 is 1.94 bits per heavy atom. The van der Waals surface area contributed by atoms with E-state index in [1.54, 1.807) is 11.9 Å². The first-order valence-electron chi connectivity index (χ1n) is 5.49. The van der Waals surface area contributed by atoms with Crippen molar-refractivity contribution < 1.29 is 9.90 Å². The number of anilines is 1. The first-order valence-corrected chi connectivity index (χ1v) is 7.07. The third kappa shape index (κ3) is 4.68. The van der Waals surface area contributed by atoms with Gasteiger partial charge >= 0.3 is 0 Å². The standard InChI is InChI=1S/C12H16Br2N2O2/c1-8-5-9(13)12(10(14)6-8)15-11(18)7-16(2)3-4-17/h5-6,17H,3-4,7H2,1-2H3,(H,15,18). The second-order valence-electron chi connectivity index (χ2n) is 4.11. The van der Waals surface area contributed by atoms with Crippen molar-refractivity contribution in [2.24, 2.45) is 0 Å². The molecule has 1 aromatic carbocycles. The number of halogens is 2. The fourth-order valence-corrected chi connectivity index (χ4v) is 3.11. The van der Waals surface area contributed by atoms with Crippen LogP contribution in [0.4, 0.5) is 5.69 Å². The molecule has 0 radical (unpaired) electrons. The lowest BCUT2D eigenvalue weighted by Gasteiger charge is -2.16. The molecular weight excluding hydrogens is 364 g/mol. The molecule has 4 nitrogen and oxygen atoms in total. The number of carbonyl (C=O) groups is 1. The number of aliphatic hydroxyl groups excluding tert-OH is 1. The summed E-state index contributed by atoms with van der Waals surface area (Å²) in [5.74, 6) is -0.115. The number of rotatable bonds is 5. The van der Waals surface area contributed by atoms with E-state index >= 15 is 0 Å². The van der Waals surface area contributed by atoms with Crippen LogP contribution in [0.3, 0.4) is 0 Å². The summed E-state index contributed by atoms with van der Waals surface area (Å²) in [7, 11) is 1.79. The molecule has 0 atom stereocenters. The van der Waals surface area contributed by atoms with E-state index < -0.39 is 0 Å². The number of hydrogen-bond donors (Lipinski definition) is 2. The van der Waals surface area contributed by atoms with Crippen molar-refractivity contribution in [3.8, 4) is 0 Å². The summed E-state index contributed by atoms with van der Waals surface area (Å²) in [6.45, 7) is 2.74. The van der Waals surface area contributed by atoms with E-state index in [0.29, 0.717) is 6.54 Å². The van der Waals surface area contributed by atoms with Gasteiger partial charge in [0.1, 0.15) is 0 Å². The number of amides is 1. The fraction of sp³-hybridized carbons (Fsp3) is 0.417. The third-order valence-electron chi connectivity index (χ3n) is 2.35. The van der Waals surface area contributed by atoms with Gasteiger partial charge in [0.25, 0.3) is 0 Å². The molecule has 0 aliphatic carbocycles. The van der Waals surface area contributed by atoms with Crippen LogP contribution in [0.15, 0.2) is 21.1 Å². The van der Waals surface area contributed by atoms with Crippen molar-refractivity contribution in [1.29, 1.82) is 0 Å². The van der Waals surface area contributed by atoms with Crippen molar-refractivity contribution in [3.05, 3.63) is 26.6 Å². The van der Waals surface area contributed by atoms with E-state index in [0.717, 1.165) is 20.2 Å². The lowest BCUT2D eigenvalue weighted by atomic mass is 10.2. The second-order valence-corrected chi connectivity index (χ2v) is 5.82. The molecular formula is C12H16Br2N2O2. The molecule has 0 aromatic heterocycles. The van der Waals surface area contributed by atoms with Crippen LogP contribution < -0.4 is 5.32 Å². The Hall–Kier alpha value is -0.430. The molecule has 0 aliphatic heterocycles. The first-order chi connectivity index (χ1) is 8.43. The lowest BCUT2D eigenvalue weighted by Crippen LogP contribution is -2.32. The molecule has 0 fully saturated rings. The topological polar surface area (TPSA) is 52.6 Å². The van der Waals surface area contributed by atoms with Gasteiger partial charge in [0.2, 0.25) is 5.91 Å². The first kappa shape index (κ1) is 15.6. The summed E-state index contributed by atoms with van der Waals surface area (Å²) in [5.41, 5.74) is 1.83. The molecule has 6 heteroatoms. The van der Waals surface area contributed by atoms with Crippen molar-refractivity contribution >= 4 is 43.5 Å². The lowest BCUT2D eigenvalue weighted by molar-refractivity contribution is -0.117. The maximum Gasteiger partial charge on any atom is 0.238 e. The van der Waals surface area contributed by atoms with Gasteiger partial charge in [-0.2, -0.15) is 0 Å². The Kier molecular flexibility index (Phi) is 6.28. The highest BCUT2D eigenvalue weighted by atomic mass is 79.9. The fourth-order valence-electron chi connectivity index (χ4n) is 1.49. The molecule has 0 heterocycles. The van der Waals surface area contributed by atoms with Crippen LogP contribution in [0.2, 0.25) is 0 Å². The summed E-state index contributed by atoms with van der Waals surface area (Å²) in [6, 6.07) is 3.88. The van der Waals surface area contributed by atoms with E-state index in [1.807, 2.05) is 19.1 Å². The van der Waals surface area contributed by atoms with Gasteiger partial charge in [-0.05, 0) is 63.5 Å². The number of nitrogens with one attached hydrogen (secondary N) is 1. The van der Waals surface area contributed by atoms with Crippen LogP contribution in [0, 0.1) is 6.92 Å². The van der Waals surface area contributed by atoms with Crippen molar-refractivity contribution in [2.45, 2.75) is 6.92 Å². The molecule has 0 aliphatic rings. The van der Waals surface area contributed by atoms with Crippen LogP contribution in [-0.2, 0) is 4.79 Å². The molecule has 0 unspecified atom stereocenters. The molecule has 0 saturated carbocycles. The van der Waals surface area contributed by atoms with Crippen molar-refractivity contribution in [2.75, 3.05) is 32.1 Å². The van der Waals surface area contributed by atoms with E-state index in [4.69, 9.17) is 5.11 Å². The van der Waals surface area contributed by atoms with Gasteiger partial charge in [-0.15, -0.1) is 0 Å². The average Bonchev–Trinajstić information content (AvgIpc) is 2.23. The summed E-state index contributed by atoms with van der Waals surface area (Å²) < 4.78 is 1.68. The zero-order valence-electron chi connectivity index (χ0n) is 10.3. The molecule has 1 amide bonds. The Balaban J connectivity index is 2.70. The van der Waals surface area contributed by atoms with Crippen LogP contribution in [-0.4, -0.2) is 42.7 Å². The van der Waals surface area contributed by atoms with E-state index in [9.17, 15) is 4.79 Å². The average molecular weight is 380 g/mol. The largest absolute Gasteiger partial charge is 0.395 e. The van der Waals surface area contributed by atoms with Gasteiger partial charge in [-0.3, -0.25) is 9.69 Å². The summed E-state index contributed by atoms with van der Waals surface area (Å²) >= 11 is 6.85. The number of likely N-dealkylation sites (N-methyl/N-ethyl adjacent to an activating group) is 1. The van der Waals surface area contributed by atoms with Gasteiger partial charge in [0, 0.05) is 15.5 Å². The molecule has 0 spiro atoms. The normalized spacial score (nSPS) is 10.8. The predicted molar refractivity (Wildman–Crippen MR) is 79.8 cm³/mol. The number of aliphatic hydroxyl groups is 1. The molecule has 2 N–H and O–H groups in total. The molecule has 1 aromatic rings. The molecule has 1 rings (SSSR count). The van der Waals surface area contributed by atoms with Crippen LogP contribution >= 0.6 is 31.9 Å². The molecule has 0 bridgehead atoms. The number of nitrogens with zero attached hydrogens (tertiary/aromatic N) is 1. The highest BCUT2D eigenvalue weighted by molar-refractivity contribution is 9.11. The third-order valence-corrected chi connectivity index (χ3v) is 3.60. The number of hydrogen-bond acceptors (Lipinski definition) is 3. The summed E-state index contributed by atoms with van der Waals surface area (Å²) in [4.78, 5) is 13.6. The Morgan fingerprint density at radius 3 is 2.44 bits per heavy atom. The maximum absolute atomic E-state index is 11.8. The SMILES string of the molecule is Cc1cc(Br)c(NC(=O)CN(C)CCO)c(Br)c1.